The van der Waals surface area contributed by atoms with E-state index in [1.54, 1.807) is 7.11 Å². The minimum atomic E-state index is 0.142. The first-order valence-corrected chi connectivity index (χ1v) is 6.36. The van der Waals surface area contributed by atoms with Crippen molar-refractivity contribution in [3.63, 3.8) is 0 Å². The van der Waals surface area contributed by atoms with Gasteiger partial charge in [0.25, 0.3) is 0 Å². The van der Waals surface area contributed by atoms with Crippen molar-refractivity contribution in [1.82, 2.24) is 0 Å². The van der Waals surface area contributed by atoms with Gasteiger partial charge in [-0.3, -0.25) is 4.79 Å². The van der Waals surface area contributed by atoms with Crippen molar-refractivity contribution >= 4 is 5.78 Å². The summed E-state index contributed by atoms with van der Waals surface area (Å²) in [5, 5.41) is 0. The van der Waals surface area contributed by atoms with Gasteiger partial charge in [0.15, 0.2) is 5.78 Å². The maximum absolute atomic E-state index is 12.2. The van der Waals surface area contributed by atoms with Gasteiger partial charge in [0, 0.05) is 19.1 Å². The number of Topliss-reactive ketones (excluding diaryl/α,β-unsaturated/α-hetero) is 1. The van der Waals surface area contributed by atoms with Crippen LogP contribution in [0.4, 0.5) is 0 Å². The zero-order chi connectivity index (χ0) is 13.7. The van der Waals surface area contributed by atoms with Crippen molar-refractivity contribution in [3.05, 3.63) is 70.8 Å². The van der Waals surface area contributed by atoms with Crippen LogP contribution in [0.25, 0.3) is 0 Å². The maximum atomic E-state index is 12.2. The molecular weight excluding hydrogens is 236 g/mol. The van der Waals surface area contributed by atoms with E-state index in [1.807, 2.05) is 55.5 Å². The Morgan fingerprint density at radius 2 is 1.84 bits per heavy atom. The third-order valence-corrected chi connectivity index (χ3v) is 3.18. The number of methoxy groups -OCH3 is 1. The Hall–Kier alpha value is -1.93. The fraction of sp³-hybridized carbons (Fsp3) is 0.235. The largest absolute Gasteiger partial charge is 0.380 e. The second-order valence-electron chi connectivity index (χ2n) is 4.66. The van der Waals surface area contributed by atoms with Crippen LogP contribution in [0.15, 0.2) is 48.5 Å². The first kappa shape index (κ1) is 13.5. The summed E-state index contributed by atoms with van der Waals surface area (Å²) in [4.78, 5) is 12.2. The second-order valence-corrected chi connectivity index (χ2v) is 4.66. The van der Waals surface area contributed by atoms with Crippen LogP contribution in [-0.2, 0) is 17.8 Å². The molecule has 0 radical (unpaired) electrons. The number of ether oxygens (including phenoxy) is 1. The van der Waals surface area contributed by atoms with Gasteiger partial charge in [-0.1, -0.05) is 42.5 Å². The quantitative estimate of drug-likeness (QED) is 0.762. The molecule has 0 bridgehead atoms. The van der Waals surface area contributed by atoms with E-state index < -0.39 is 0 Å². The molecule has 0 spiro atoms. The van der Waals surface area contributed by atoms with Gasteiger partial charge >= 0.3 is 0 Å². The second kappa shape index (κ2) is 6.30. The molecule has 0 N–H and O–H groups in total. The van der Waals surface area contributed by atoms with Gasteiger partial charge in [0.05, 0.1) is 6.61 Å². The van der Waals surface area contributed by atoms with Crippen molar-refractivity contribution in [2.45, 2.75) is 20.0 Å². The standard InChI is InChI=1S/C17H18O2/c1-13-8-9-15(11-16(13)12-19-2)17(18)10-14-6-4-3-5-7-14/h3-9,11H,10,12H2,1-2H3. The molecule has 2 aromatic rings. The van der Waals surface area contributed by atoms with Crippen molar-refractivity contribution in [3.8, 4) is 0 Å². The summed E-state index contributed by atoms with van der Waals surface area (Å²) >= 11 is 0. The van der Waals surface area contributed by atoms with Crippen LogP contribution in [0.5, 0.6) is 0 Å². The number of ketones is 1. The lowest BCUT2D eigenvalue weighted by Gasteiger charge is -2.08. The molecule has 0 heterocycles. The topological polar surface area (TPSA) is 26.3 Å². The van der Waals surface area contributed by atoms with Crippen molar-refractivity contribution < 1.29 is 9.53 Å². The van der Waals surface area contributed by atoms with Crippen LogP contribution in [0, 0.1) is 6.92 Å². The summed E-state index contributed by atoms with van der Waals surface area (Å²) in [5.74, 6) is 0.142. The lowest BCUT2D eigenvalue weighted by molar-refractivity contribution is 0.0992. The van der Waals surface area contributed by atoms with Crippen molar-refractivity contribution in [2.75, 3.05) is 7.11 Å². The molecule has 19 heavy (non-hydrogen) atoms. The van der Waals surface area contributed by atoms with Gasteiger partial charge in [-0.2, -0.15) is 0 Å². The Balaban J connectivity index is 2.17. The van der Waals surface area contributed by atoms with Gasteiger partial charge in [-0.15, -0.1) is 0 Å². The predicted octanol–water partition coefficient (Wildman–Crippen LogP) is 3.57. The van der Waals surface area contributed by atoms with E-state index in [-0.39, 0.29) is 5.78 Å². The molecule has 0 aliphatic carbocycles. The highest BCUT2D eigenvalue weighted by atomic mass is 16.5. The highest BCUT2D eigenvalue weighted by Gasteiger charge is 2.09. The summed E-state index contributed by atoms with van der Waals surface area (Å²) in [6.45, 7) is 2.57. The molecule has 0 aromatic heterocycles. The molecule has 0 fully saturated rings. The van der Waals surface area contributed by atoms with Gasteiger partial charge in [-0.05, 0) is 29.7 Å². The normalized spacial score (nSPS) is 10.4. The molecule has 2 aromatic carbocycles. The van der Waals surface area contributed by atoms with Gasteiger partial charge in [-0.25, -0.2) is 0 Å². The Labute approximate surface area is 114 Å². The van der Waals surface area contributed by atoms with E-state index in [1.165, 1.54) is 0 Å². The fourth-order valence-electron chi connectivity index (χ4n) is 2.04. The molecule has 2 nitrogen and oxygen atoms in total. The van der Waals surface area contributed by atoms with Crippen LogP contribution < -0.4 is 0 Å². The number of hydrogen-bond donors (Lipinski definition) is 0. The van der Waals surface area contributed by atoms with E-state index in [4.69, 9.17) is 4.74 Å². The van der Waals surface area contributed by atoms with Crippen LogP contribution in [0.2, 0.25) is 0 Å². The first-order chi connectivity index (χ1) is 9.20. The Kier molecular flexibility index (Phi) is 4.48. The molecule has 0 saturated heterocycles. The molecule has 0 atom stereocenters. The first-order valence-electron chi connectivity index (χ1n) is 6.36. The summed E-state index contributed by atoms with van der Waals surface area (Å²) in [5.41, 5.74) is 4.02. The number of carbonyl (C=O) groups excluding carboxylic acids is 1. The van der Waals surface area contributed by atoms with Gasteiger partial charge in [0.1, 0.15) is 0 Å². The molecule has 0 aliphatic heterocycles. The monoisotopic (exact) mass is 254 g/mol. The Morgan fingerprint density at radius 3 is 2.53 bits per heavy atom. The molecule has 2 rings (SSSR count). The Bertz CT molecular complexity index is 559. The van der Waals surface area contributed by atoms with E-state index in [0.29, 0.717) is 13.0 Å². The van der Waals surface area contributed by atoms with Crippen LogP contribution in [0.3, 0.4) is 0 Å². The maximum Gasteiger partial charge on any atom is 0.167 e. The highest BCUT2D eigenvalue weighted by Crippen LogP contribution is 2.14. The van der Waals surface area contributed by atoms with E-state index in [0.717, 1.165) is 22.3 Å². The Morgan fingerprint density at radius 1 is 1.11 bits per heavy atom. The third-order valence-electron chi connectivity index (χ3n) is 3.18. The number of benzene rings is 2. The fourth-order valence-corrected chi connectivity index (χ4v) is 2.04. The van der Waals surface area contributed by atoms with Crippen LogP contribution >= 0.6 is 0 Å². The SMILES string of the molecule is COCc1cc(C(=O)Cc2ccccc2)ccc1C. The number of rotatable bonds is 5. The van der Waals surface area contributed by atoms with Crippen molar-refractivity contribution in [2.24, 2.45) is 0 Å². The number of carbonyl (C=O) groups is 1. The summed E-state index contributed by atoms with van der Waals surface area (Å²) in [7, 11) is 1.66. The average Bonchev–Trinajstić information content (AvgIpc) is 2.42. The molecule has 2 heteroatoms. The lowest BCUT2D eigenvalue weighted by atomic mass is 9.99. The number of hydrogen-bond acceptors (Lipinski definition) is 2. The average molecular weight is 254 g/mol. The minimum Gasteiger partial charge on any atom is -0.380 e. The zero-order valence-electron chi connectivity index (χ0n) is 11.3. The molecule has 0 unspecified atom stereocenters. The lowest BCUT2D eigenvalue weighted by Crippen LogP contribution is -2.05. The van der Waals surface area contributed by atoms with Gasteiger partial charge in [0.2, 0.25) is 0 Å². The summed E-state index contributed by atoms with van der Waals surface area (Å²) < 4.78 is 5.15. The summed E-state index contributed by atoms with van der Waals surface area (Å²) in [6.07, 6.45) is 0.441. The predicted molar refractivity (Wildman–Crippen MR) is 76.4 cm³/mol. The molecule has 0 aliphatic rings. The van der Waals surface area contributed by atoms with E-state index in [9.17, 15) is 4.79 Å². The third kappa shape index (κ3) is 3.52. The summed E-state index contributed by atoms with van der Waals surface area (Å²) in [6, 6.07) is 15.6. The molecular formula is C17H18O2. The molecule has 98 valence electrons. The smallest absolute Gasteiger partial charge is 0.167 e. The van der Waals surface area contributed by atoms with Crippen molar-refractivity contribution in [1.29, 1.82) is 0 Å². The number of aryl methyl sites for hydroxylation is 1. The van der Waals surface area contributed by atoms with E-state index in [2.05, 4.69) is 0 Å². The van der Waals surface area contributed by atoms with Gasteiger partial charge < -0.3 is 4.74 Å². The molecule has 0 saturated carbocycles. The van der Waals surface area contributed by atoms with E-state index >= 15 is 0 Å². The molecule has 0 amide bonds. The van der Waals surface area contributed by atoms with Crippen LogP contribution in [-0.4, -0.2) is 12.9 Å². The van der Waals surface area contributed by atoms with Crippen LogP contribution in [0.1, 0.15) is 27.0 Å². The minimum absolute atomic E-state index is 0.142. The zero-order valence-corrected chi connectivity index (χ0v) is 11.3. The highest BCUT2D eigenvalue weighted by molar-refractivity contribution is 5.97.